The number of amides is 1. The van der Waals surface area contributed by atoms with Crippen molar-refractivity contribution in [2.45, 2.75) is 13.8 Å². The number of furan rings is 1. The summed E-state index contributed by atoms with van der Waals surface area (Å²) in [5.74, 6) is 1.28. The van der Waals surface area contributed by atoms with Crippen molar-refractivity contribution in [2.24, 2.45) is 0 Å². The van der Waals surface area contributed by atoms with Gasteiger partial charge in [-0.3, -0.25) is 0 Å². The van der Waals surface area contributed by atoms with Crippen molar-refractivity contribution < 1.29 is 13.9 Å². The Hall–Kier alpha value is -4.12. The van der Waals surface area contributed by atoms with Crippen molar-refractivity contribution >= 4 is 23.4 Å². The van der Waals surface area contributed by atoms with E-state index in [-0.39, 0.29) is 12.0 Å². The van der Waals surface area contributed by atoms with Crippen molar-refractivity contribution in [3.8, 4) is 22.8 Å². The summed E-state index contributed by atoms with van der Waals surface area (Å²) in [6.45, 7) is 7.73. The van der Waals surface area contributed by atoms with Crippen LogP contribution < -0.4 is 10.6 Å². The van der Waals surface area contributed by atoms with Crippen LogP contribution in [0.5, 0.6) is 0 Å². The summed E-state index contributed by atoms with van der Waals surface area (Å²) in [7, 11) is 0. The van der Waals surface area contributed by atoms with E-state index in [9.17, 15) is 4.79 Å². The average molecular weight is 477 g/mol. The molecular weight excluding hydrogens is 448 g/mol. The zero-order chi connectivity index (χ0) is 24.4. The summed E-state index contributed by atoms with van der Waals surface area (Å²) >= 11 is 0. The fraction of sp³-hybridized carbons (Fsp3) is 0.333. The van der Waals surface area contributed by atoms with E-state index in [1.807, 2.05) is 32.0 Å². The molecule has 4 heterocycles. The molecule has 0 bridgehead atoms. The number of nitrogens with two attached hydrogens (primary N) is 1. The third kappa shape index (κ3) is 4.50. The molecule has 5 rings (SSSR count). The highest BCUT2D eigenvalue weighted by Gasteiger charge is 2.26. The van der Waals surface area contributed by atoms with E-state index in [4.69, 9.17) is 14.9 Å². The first kappa shape index (κ1) is 22.7. The Labute approximate surface area is 202 Å². The van der Waals surface area contributed by atoms with Gasteiger partial charge < -0.3 is 19.8 Å². The minimum Gasteiger partial charge on any atom is -0.461 e. The lowest BCUT2D eigenvalue weighted by Gasteiger charge is -2.40. The van der Waals surface area contributed by atoms with Gasteiger partial charge in [0.05, 0.1) is 18.6 Å². The monoisotopic (exact) mass is 476 g/mol. The molecule has 2 N–H and O–H groups in total. The highest BCUT2D eigenvalue weighted by Crippen LogP contribution is 2.27. The molecule has 1 amide bonds. The molecule has 0 aliphatic carbocycles. The Morgan fingerprint density at radius 1 is 1.11 bits per heavy atom. The van der Waals surface area contributed by atoms with Crippen molar-refractivity contribution in [1.82, 2.24) is 29.6 Å². The molecule has 4 aromatic rings. The molecule has 11 nitrogen and oxygen atoms in total. The van der Waals surface area contributed by atoms with Gasteiger partial charge in [0.25, 0.3) is 0 Å². The van der Waals surface area contributed by atoms with Gasteiger partial charge in [-0.1, -0.05) is 12.1 Å². The first-order valence-electron chi connectivity index (χ1n) is 11.7. The van der Waals surface area contributed by atoms with Crippen LogP contribution >= 0.6 is 0 Å². The first-order valence-corrected chi connectivity index (χ1v) is 11.7. The minimum atomic E-state index is -0.298. The lowest BCUT2D eigenvalue weighted by atomic mass is 10.1. The number of benzene rings is 1. The maximum absolute atomic E-state index is 12.2. The van der Waals surface area contributed by atoms with Crippen molar-refractivity contribution in [3.05, 3.63) is 48.7 Å². The van der Waals surface area contributed by atoms with Crippen LogP contribution in [0, 0.1) is 0 Å². The van der Waals surface area contributed by atoms with Gasteiger partial charge in [-0.05, 0) is 38.1 Å². The van der Waals surface area contributed by atoms with Gasteiger partial charge in [0, 0.05) is 50.0 Å². The van der Waals surface area contributed by atoms with E-state index in [1.165, 1.54) is 4.52 Å². The second kappa shape index (κ2) is 9.63. The zero-order valence-corrected chi connectivity index (χ0v) is 19.8. The standard InChI is InChI=1S/C24H28N8O3/c1-3-31(24(33)34-4-2)30-12-10-29(11-13-30)18-8-5-7-17(15-18)19-16-21-27-22(20-9-6-14-35-20)28-32(21)23(25)26-19/h5-9,14-16H,3-4,10-13H2,1-2H3,(H2,25,26). The van der Waals surface area contributed by atoms with Crippen LogP contribution in [-0.4, -0.2) is 75.0 Å². The summed E-state index contributed by atoms with van der Waals surface area (Å²) in [5.41, 5.74) is 9.53. The molecule has 3 aromatic heterocycles. The molecule has 0 spiro atoms. The molecule has 1 aliphatic rings. The molecule has 1 aromatic carbocycles. The molecule has 182 valence electrons. The van der Waals surface area contributed by atoms with Gasteiger partial charge in [-0.25, -0.2) is 24.8 Å². The van der Waals surface area contributed by atoms with E-state index in [0.717, 1.165) is 37.4 Å². The largest absolute Gasteiger partial charge is 0.461 e. The lowest BCUT2D eigenvalue weighted by molar-refractivity contribution is -0.0214. The van der Waals surface area contributed by atoms with Gasteiger partial charge in [0.2, 0.25) is 11.8 Å². The van der Waals surface area contributed by atoms with E-state index in [0.29, 0.717) is 36.1 Å². The Morgan fingerprint density at radius 2 is 1.94 bits per heavy atom. The van der Waals surface area contributed by atoms with E-state index >= 15 is 0 Å². The fourth-order valence-corrected chi connectivity index (χ4v) is 4.27. The number of nitrogen functional groups attached to an aromatic ring is 1. The predicted octanol–water partition coefficient (Wildman–Crippen LogP) is 3.15. The molecule has 0 saturated carbocycles. The van der Waals surface area contributed by atoms with Crippen LogP contribution in [0.2, 0.25) is 0 Å². The van der Waals surface area contributed by atoms with Crippen molar-refractivity contribution in [3.63, 3.8) is 0 Å². The number of piperazine rings is 1. The molecule has 0 unspecified atom stereocenters. The topological polar surface area (TPSA) is 118 Å². The summed E-state index contributed by atoms with van der Waals surface area (Å²) in [6.07, 6.45) is 1.28. The average Bonchev–Trinajstić information content (AvgIpc) is 3.56. The van der Waals surface area contributed by atoms with Gasteiger partial charge in [-0.2, -0.15) is 4.52 Å². The smallest absolute Gasteiger partial charge is 0.424 e. The third-order valence-corrected chi connectivity index (χ3v) is 5.97. The Morgan fingerprint density at radius 3 is 2.66 bits per heavy atom. The van der Waals surface area contributed by atoms with E-state index < -0.39 is 0 Å². The number of rotatable bonds is 6. The SMILES string of the molecule is CCOC(=O)N(CC)N1CCN(c2cccc(-c3cc4nc(-c5ccco5)nn4c(N)n3)c2)CC1. The molecule has 1 fully saturated rings. The number of carbonyl (C=O) groups is 1. The second-order valence-electron chi connectivity index (χ2n) is 8.09. The fourth-order valence-electron chi connectivity index (χ4n) is 4.27. The first-order chi connectivity index (χ1) is 17.1. The number of hydrogen-bond donors (Lipinski definition) is 1. The maximum atomic E-state index is 12.2. The Balaban J connectivity index is 1.34. The molecule has 11 heteroatoms. The molecule has 35 heavy (non-hydrogen) atoms. The summed E-state index contributed by atoms with van der Waals surface area (Å²) in [6, 6.07) is 13.6. The molecular formula is C24H28N8O3. The number of fused-ring (bicyclic) bond motifs is 1. The number of carbonyl (C=O) groups excluding carboxylic acids is 1. The van der Waals surface area contributed by atoms with Crippen LogP contribution in [0.15, 0.2) is 53.1 Å². The molecule has 0 radical (unpaired) electrons. The highest BCUT2D eigenvalue weighted by molar-refractivity contribution is 5.70. The second-order valence-corrected chi connectivity index (χ2v) is 8.09. The van der Waals surface area contributed by atoms with Gasteiger partial charge in [0.15, 0.2) is 11.4 Å². The number of anilines is 2. The van der Waals surface area contributed by atoms with Crippen LogP contribution in [0.1, 0.15) is 13.8 Å². The number of ether oxygens (including phenoxy) is 1. The number of hydrazine groups is 1. The number of aromatic nitrogens is 4. The minimum absolute atomic E-state index is 0.250. The van der Waals surface area contributed by atoms with Crippen molar-refractivity contribution in [1.29, 1.82) is 0 Å². The normalized spacial score (nSPS) is 14.4. The highest BCUT2D eigenvalue weighted by atomic mass is 16.6. The van der Waals surface area contributed by atoms with Crippen molar-refractivity contribution in [2.75, 3.05) is 50.0 Å². The van der Waals surface area contributed by atoms with Crippen LogP contribution in [0.3, 0.4) is 0 Å². The Bertz CT molecular complexity index is 1310. The van der Waals surface area contributed by atoms with Crippen LogP contribution in [0.4, 0.5) is 16.4 Å². The quantitative estimate of drug-likeness (QED) is 0.448. The van der Waals surface area contributed by atoms with E-state index in [2.05, 4.69) is 37.1 Å². The summed E-state index contributed by atoms with van der Waals surface area (Å²) < 4.78 is 12.1. The van der Waals surface area contributed by atoms with Crippen LogP contribution in [0.25, 0.3) is 28.5 Å². The zero-order valence-electron chi connectivity index (χ0n) is 19.8. The van der Waals surface area contributed by atoms with Crippen LogP contribution in [-0.2, 0) is 4.74 Å². The number of nitrogens with zero attached hydrogens (tertiary/aromatic N) is 7. The predicted molar refractivity (Wildman–Crippen MR) is 132 cm³/mol. The van der Waals surface area contributed by atoms with Gasteiger partial charge in [0.1, 0.15) is 0 Å². The summed E-state index contributed by atoms with van der Waals surface area (Å²) in [5, 5.41) is 8.13. The van der Waals surface area contributed by atoms with Gasteiger partial charge >= 0.3 is 6.09 Å². The molecule has 1 saturated heterocycles. The lowest BCUT2D eigenvalue weighted by Crippen LogP contribution is -2.55. The number of hydrogen-bond acceptors (Lipinski definition) is 9. The third-order valence-electron chi connectivity index (χ3n) is 5.97. The molecule has 1 aliphatic heterocycles. The Kier molecular flexibility index (Phi) is 6.23. The maximum Gasteiger partial charge on any atom is 0.424 e. The van der Waals surface area contributed by atoms with E-state index in [1.54, 1.807) is 23.4 Å². The molecule has 0 atom stereocenters. The summed E-state index contributed by atoms with van der Waals surface area (Å²) in [4.78, 5) is 23.6. The van der Waals surface area contributed by atoms with Gasteiger partial charge in [-0.15, -0.1) is 5.10 Å².